The van der Waals surface area contributed by atoms with Crippen LogP contribution in [-0.4, -0.2) is 48.0 Å². The maximum Gasteiger partial charge on any atom is 0.274 e. The van der Waals surface area contributed by atoms with Crippen LogP contribution < -0.4 is 4.90 Å². The van der Waals surface area contributed by atoms with Crippen molar-refractivity contribution in [3.05, 3.63) is 48.3 Å². The zero-order chi connectivity index (χ0) is 15.5. The summed E-state index contributed by atoms with van der Waals surface area (Å²) in [6.45, 7) is 1.21. The number of aromatic nitrogens is 2. The molecule has 6 heteroatoms. The lowest BCUT2D eigenvalue weighted by Crippen LogP contribution is -2.36. The Morgan fingerprint density at radius 2 is 2.18 bits per heavy atom. The molecule has 2 aromatic rings. The average Bonchev–Trinajstić information content (AvgIpc) is 3.09. The molecule has 0 saturated carbocycles. The van der Waals surface area contributed by atoms with E-state index in [9.17, 15) is 4.79 Å². The summed E-state index contributed by atoms with van der Waals surface area (Å²) in [6.07, 6.45) is 7.71. The van der Waals surface area contributed by atoms with Crippen molar-refractivity contribution in [2.45, 2.75) is 6.42 Å². The van der Waals surface area contributed by atoms with Crippen LogP contribution in [0.15, 0.2) is 41.3 Å². The lowest BCUT2D eigenvalue weighted by atomic mass is 10.1. The van der Waals surface area contributed by atoms with Crippen LogP contribution in [0.5, 0.6) is 0 Å². The van der Waals surface area contributed by atoms with Crippen molar-refractivity contribution in [2.75, 3.05) is 32.1 Å². The van der Waals surface area contributed by atoms with Gasteiger partial charge >= 0.3 is 0 Å². The number of rotatable bonds is 3. The van der Waals surface area contributed by atoms with Gasteiger partial charge in [-0.3, -0.25) is 4.79 Å². The van der Waals surface area contributed by atoms with Gasteiger partial charge in [-0.25, -0.2) is 9.97 Å². The molecule has 1 aliphatic rings. The number of hydrogen-bond acceptors (Lipinski definition) is 5. The minimum absolute atomic E-state index is 0.102. The smallest absolute Gasteiger partial charge is 0.274 e. The summed E-state index contributed by atoms with van der Waals surface area (Å²) in [5, 5.41) is 0. The summed E-state index contributed by atoms with van der Waals surface area (Å²) >= 11 is 0. The van der Waals surface area contributed by atoms with Gasteiger partial charge in [-0.1, -0.05) is 6.08 Å². The van der Waals surface area contributed by atoms with Crippen molar-refractivity contribution in [3.63, 3.8) is 0 Å². The number of nitrogens with zero attached hydrogens (tertiary/aromatic N) is 4. The summed E-state index contributed by atoms with van der Waals surface area (Å²) in [6, 6.07) is 3.76. The summed E-state index contributed by atoms with van der Waals surface area (Å²) in [5.41, 5.74) is 1.40. The van der Waals surface area contributed by atoms with Crippen LogP contribution >= 0.6 is 0 Å². The molecule has 3 heterocycles. The topological polar surface area (TPSA) is 62.5 Å². The number of carbonyl (C=O) groups is 1. The van der Waals surface area contributed by atoms with Crippen LogP contribution in [0.2, 0.25) is 0 Å². The van der Waals surface area contributed by atoms with Crippen LogP contribution in [0, 0.1) is 0 Å². The van der Waals surface area contributed by atoms with E-state index in [0.29, 0.717) is 18.8 Å². The maximum atomic E-state index is 12.5. The van der Waals surface area contributed by atoms with Gasteiger partial charge in [-0.2, -0.15) is 0 Å². The fraction of sp³-hybridized carbons (Fsp3) is 0.312. The molecule has 0 atom stereocenters. The Balaban J connectivity index is 1.74. The highest BCUT2D eigenvalue weighted by atomic mass is 16.3. The molecule has 0 radical (unpaired) electrons. The molecule has 1 aliphatic heterocycles. The van der Waals surface area contributed by atoms with Crippen molar-refractivity contribution in [1.82, 2.24) is 14.9 Å². The summed E-state index contributed by atoms with van der Waals surface area (Å²) in [5.74, 6) is 1.44. The van der Waals surface area contributed by atoms with E-state index in [-0.39, 0.29) is 5.91 Å². The molecule has 0 N–H and O–H groups in total. The predicted octanol–water partition coefficient (Wildman–Crippen LogP) is 2.07. The summed E-state index contributed by atoms with van der Waals surface area (Å²) in [7, 11) is 3.77. The van der Waals surface area contributed by atoms with Gasteiger partial charge in [0.05, 0.1) is 18.7 Å². The normalized spacial score (nSPS) is 14.6. The second-order valence-corrected chi connectivity index (χ2v) is 5.38. The lowest BCUT2D eigenvalue weighted by molar-refractivity contribution is 0.0768. The average molecular weight is 298 g/mol. The highest BCUT2D eigenvalue weighted by Crippen LogP contribution is 2.22. The van der Waals surface area contributed by atoms with Crippen LogP contribution in [0.1, 0.15) is 22.7 Å². The summed E-state index contributed by atoms with van der Waals surface area (Å²) < 4.78 is 5.41. The van der Waals surface area contributed by atoms with Crippen molar-refractivity contribution < 1.29 is 9.21 Å². The van der Waals surface area contributed by atoms with Crippen LogP contribution in [0.4, 0.5) is 5.82 Å². The number of hydrogen-bond donors (Lipinski definition) is 0. The molecule has 3 rings (SSSR count). The number of amides is 1. The molecule has 0 fully saturated rings. The van der Waals surface area contributed by atoms with Gasteiger partial charge in [0.1, 0.15) is 17.3 Å². The van der Waals surface area contributed by atoms with Crippen LogP contribution in [0.25, 0.3) is 5.57 Å². The van der Waals surface area contributed by atoms with E-state index in [4.69, 9.17) is 4.42 Å². The van der Waals surface area contributed by atoms with E-state index >= 15 is 0 Å². The van der Waals surface area contributed by atoms with Gasteiger partial charge in [-0.15, -0.1) is 0 Å². The molecular formula is C16H18N4O2. The molecule has 0 aliphatic carbocycles. The molecule has 1 amide bonds. The van der Waals surface area contributed by atoms with Crippen LogP contribution in [-0.2, 0) is 0 Å². The predicted molar refractivity (Wildman–Crippen MR) is 83.6 cm³/mol. The first-order chi connectivity index (χ1) is 10.6. The monoisotopic (exact) mass is 298 g/mol. The fourth-order valence-corrected chi connectivity index (χ4v) is 2.38. The minimum atomic E-state index is -0.102. The van der Waals surface area contributed by atoms with E-state index in [0.717, 1.165) is 23.6 Å². The SMILES string of the molecule is CN(C)c1cnc(C(=O)N2CCC=C(c3ccco3)C2)cn1. The highest BCUT2D eigenvalue weighted by molar-refractivity contribution is 5.93. The Morgan fingerprint density at radius 3 is 2.82 bits per heavy atom. The number of carbonyl (C=O) groups excluding carboxylic acids is 1. The van der Waals surface area contributed by atoms with E-state index in [1.807, 2.05) is 31.1 Å². The van der Waals surface area contributed by atoms with Crippen LogP contribution in [0.3, 0.4) is 0 Å². The van der Waals surface area contributed by atoms with Crippen molar-refractivity contribution in [3.8, 4) is 0 Å². The first-order valence-electron chi connectivity index (χ1n) is 7.16. The molecule has 0 unspecified atom stereocenters. The van der Waals surface area contributed by atoms with E-state index in [1.54, 1.807) is 17.4 Å². The molecule has 114 valence electrons. The van der Waals surface area contributed by atoms with Crippen molar-refractivity contribution >= 4 is 17.3 Å². The molecule has 2 aromatic heterocycles. The standard InChI is InChI=1S/C16H18N4O2/c1-19(2)15-10-17-13(9-18-15)16(21)20-7-3-5-12(11-20)14-6-4-8-22-14/h4-6,8-10H,3,7,11H2,1-2H3. The van der Waals surface area contributed by atoms with Crippen molar-refractivity contribution in [1.29, 1.82) is 0 Å². The van der Waals surface area contributed by atoms with Crippen molar-refractivity contribution in [2.24, 2.45) is 0 Å². The second-order valence-electron chi connectivity index (χ2n) is 5.38. The zero-order valence-corrected chi connectivity index (χ0v) is 12.7. The van der Waals surface area contributed by atoms with Gasteiger partial charge in [-0.05, 0) is 18.6 Å². The van der Waals surface area contributed by atoms with Gasteiger partial charge < -0.3 is 14.2 Å². The number of anilines is 1. The quantitative estimate of drug-likeness (QED) is 0.868. The number of furan rings is 1. The molecule has 0 spiro atoms. The second kappa shape index (κ2) is 6.01. The fourth-order valence-electron chi connectivity index (χ4n) is 2.38. The molecule has 0 saturated heterocycles. The third-order valence-electron chi connectivity index (χ3n) is 3.59. The maximum absolute atomic E-state index is 12.5. The summed E-state index contributed by atoms with van der Waals surface area (Å²) in [4.78, 5) is 24.6. The molecule has 0 aromatic carbocycles. The van der Waals surface area contributed by atoms with Gasteiger partial charge in [0.15, 0.2) is 0 Å². The van der Waals surface area contributed by atoms with E-state index in [1.165, 1.54) is 6.20 Å². The molecule has 22 heavy (non-hydrogen) atoms. The third-order valence-corrected chi connectivity index (χ3v) is 3.59. The Kier molecular flexibility index (Phi) is 3.91. The Morgan fingerprint density at radius 1 is 1.32 bits per heavy atom. The zero-order valence-electron chi connectivity index (χ0n) is 12.7. The molecular weight excluding hydrogens is 280 g/mol. The lowest BCUT2D eigenvalue weighted by Gasteiger charge is -2.26. The third kappa shape index (κ3) is 2.86. The van der Waals surface area contributed by atoms with Gasteiger partial charge in [0, 0.05) is 32.8 Å². The minimum Gasteiger partial charge on any atom is -0.465 e. The van der Waals surface area contributed by atoms with E-state index < -0.39 is 0 Å². The first-order valence-corrected chi connectivity index (χ1v) is 7.16. The Bertz CT molecular complexity index is 675. The molecule has 6 nitrogen and oxygen atoms in total. The first kappa shape index (κ1) is 14.3. The Hall–Kier alpha value is -2.63. The molecule has 0 bridgehead atoms. The largest absolute Gasteiger partial charge is 0.465 e. The van der Waals surface area contributed by atoms with Gasteiger partial charge in [0.25, 0.3) is 5.91 Å². The Labute approximate surface area is 129 Å². The van der Waals surface area contributed by atoms with E-state index in [2.05, 4.69) is 16.0 Å². The highest BCUT2D eigenvalue weighted by Gasteiger charge is 2.22. The van der Waals surface area contributed by atoms with Gasteiger partial charge in [0.2, 0.25) is 0 Å².